The lowest BCUT2D eigenvalue weighted by molar-refractivity contribution is 0.271. The summed E-state index contributed by atoms with van der Waals surface area (Å²) in [7, 11) is 0. The van der Waals surface area contributed by atoms with E-state index in [9.17, 15) is 0 Å². The van der Waals surface area contributed by atoms with E-state index < -0.39 is 0 Å². The van der Waals surface area contributed by atoms with E-state index in [1.54, 1.807) is 0 Å². The molecule has 142 valence electrons. The van der Waals surface area contributed by atoms with Crippen molar-refractivity contribution < 1.29 is 0 Å². The fraction of sp³-hybridized carbons (Fsp3) is 0.286. The van der Waals surface area contributed by atoms with Gasteiger partial charge in [0, 0.05) is 42.2 Å². The van der Waals surface area contributed by atoms with E-state index in [0.717, 1.165) is 66.3 Å². The van der Waals surface area contributed by atoms with Crippen LogP contribution in [0, 0.1) is 0 Å². The van der Waals surface area contributed by atoms with Gasteiger partial charge in [0.2, 0.25) is 0 Å². The highest BCUT2D eigenvalue weighted by molar-refractivity contribution is 6.30. The normalized spacial score (nSPS) is 15.6. The van der Waals surface area contributed by atoms with Gasteiger partial charge in [0.05, 0.1) is 5.52 Å². The van der Waals surface area contributed by atoms with E-state index in [1.165, 1.54) is 0 Å². The minimum absolute atomic E-state index is 0.676. The Hall–Kier alpha value is -2.70. The minimum atomic E-state index is 0.676. The van der Waals surface area contributed by atoms with Gasteiger partial charge >= 0.3 is 0 Å². The smallest absolute Gasteiger partial charge is 0.186 e. The number of para-hydroxylation sites is 1. The molecule has 0 spiro atoms. The van der Waals surface area contributed by atoms with Gasteiger partial charge in [0.15, 0.2) is 5.65 Å². The molecular weight excluding hydrogens is 372 g/mol. The predicted molar refractivity (Wildman–Crippen MR) is 113 cm³/mol. The van der Waals surface area contributed by atoms with Crippen LogP contribution in [0.4, 0.5) is 5.82 Å². The molecule has 0 amide bonds. The highest BCUT2D eigenvalue weighted by Crippen LogP contribution is 2.31. The summed E-state index contributed by atoms with van der Waals surface area (Å²) in [5, 5.41) is 10.6. The van der Waals surface area contributed by atoms with Crippen molar-refractivity contribution in [1.82, 2.24) is 24.7 Å². The summed E-state index contributed by atoms with van der Waals surface area (Å²) in [4.78, 5) is 9.89. The van der Waals surface area contributed by atoms with Gasteiger partial charge < -0.3 is 9.80 Å². The number of nitrogens with zero attached hydrogens (tertiary/aromatic N) is 6. The molecule has 1 fully saturated rings. The van der Waals surface area contributed by atoms with Crippen molar-refractivity contribution in [3.63, 3.8) is 0 Å². The number of rotatable bonds is 3. The Morgan fingerprint density at radius 1 is 1.00 bits per heavy atom. The molecule has 4 aromatic rings. The molecule has 0 aliphatic carbocycles. The number of anilines is 1. The minimum Gasteiger partial charge on any atom is -0.353 e. The van der Waals surface area contributed by atoms with Gasteiger partial charge in [-0.3, -0.25) is 0 Å². The Bertz CT molecular complexity index is 1150. The molecule has 1 saturated heterocycles. The quantitative estimate of drug-likeness (QED) is 0.531. The fourth-order valence-electron chi connectivity index (χ4n) is 3.89. The first-order valence-corrected chi connectivity index (χ1v) is 10.00. The van der Waals surface area contributed by atoms with Crippen molar-refractivity contribution >= 4 is 34.0 Å². The molecule has 2 aromatic carbocycles. The summed E-state index contributed by atoms with van der Waals surface area (Å²) in [6.07, 6.45) is 0. The average molecular weight is 393 g/mol. The third-order valence-electron chi connectivity index (χ3n) is 5.45. The second kappa shape index (κ2) is 7.04. The maximum atomic E-state index is 6.20. The number of fused-ring (bicyclic) bond motifs is 3. The lowest BCUT2D eigenvalue weighted by Gasteiger charge is -2.35. The highest BCUT2D eigenvalue weighted by atomic mass is 35.5. The molecule has 2 aromatic heterocycles. The first kappa shape index (κ1) is 17.4. The molecule has 3 heterocycles. The topological polar surface area (TPSA) is 49.6 Å². The van der Waals surface area contributed by atoms with Crippen molar-refractivity contribution in [1.29, 1.82) is 0 Å². The van der Waals surface area contributed by atoms with Crippen LogP contribution in [0.3, 0.4) is 0 Å². The molecule has 0 N–H and O–H groups in total. The first-order valence-electron chi connectivity index (χ1n) is 9.62. The Morgan fingerprint density at radius 2 is 1.82 bits per heavy atom. The molecule has 0 saturated carbocycles. The van der Waals surface area contributed by atoms with Gasteiger partial charge in [-0.15, -0.1) is 5.10 Å². The van der Waals surface area contributed by atoms with Gasteiger partial charge in [0.25, 0.3) is 0 Å². The monoisotopic (exact) mass is 392 g/mol. The van der Waals surface area contributed by atoms with Crippen molar-refractivity contribution in [3.8, 4) is 11.3 Å². The number of hydrogen-bond acceptors (Lipinski definition) is 5. The third-order valence-corrected chi connectivity index (χ3v) is 5.68. The number of likely N-dealkylation sites (N-methyl/N-ethyl adjacent to an activating group) is 1. The summed E-state index contributed by atoms with van der Waals surface area (Å²) in [6.45, 7) is 7.34. The van der Waals surface area contributed by atoms with E-state index in [-0.39, 0.29) is 0 Å². The molecule has 0 bridgehead atoms. The number of hydrogen-bond donors (Lipinski definition) is 0. The number of aromatic nitrogens is 4. The maximum absolute atomic E-state index is 6.20. The fourth-order valence-corrected chi connectivity index (χ4v) is 4.08. The summed E-state index contributed by atoms with van der Waals surface area (Å²) in [5.74, 6) is 1.00. The Morgan fingerprint density at radius 3 is 2.61 bits per heavy atom. The zero-order valence-corrected chi connectivity index (χ0v) is 16.5. The Labute approximate surface area is 168 Å². The SMILES string of the molecule is CCN1CCN(c2nc3c(-c4cccc(Cl)c4)nnn3c3ccccc23)CC1. The second-order valence-corrected chi connectivity index (χ2v) is 7.49. The standard InChI is InChI=1S/C21H21ClN6/c1-2-26-10-12-27(13-11-26)20-17-8-3-4-9-18(17)28-21(23-20)19(24-25-28)15-6-5-7-16(22)14-15/h3-9,14H,2,10-13H2,1H3. The van der Waals surface area contributed by atoms with Gasteiger partial charge in [-0.2, -0.15) is 4.52 Å². The van der Waals surface area contributed by atoms with Crippen LogP contribution < -0.4 is 4.90 Å². The van der Waals surface area contributed by atoms with E-state index in [0.29, 0.717) is 5.02 Å². The summed E-state index contributed by atoms with van der Waals surface area (Å²) in [6, 6.07) is 16.0. The van der Waals surface area contributed by atoms with E-state index in [4.69, 9.17) is 16.6 Å². The van der Waals surface area contributed by atoms with Crippen LogP contribution in [0.1, 0.15) is 6.92 Å². The van der Waals surface area contributed by atoms with Gasteiger partial charge in [-0.05, 0) is 30.8 Å². The molecule has 6 nitrogen and oxygen atoms in total. The Balaban J connectivity index is 1.70. The molecule has 28 heavy (non-hydrogen) atoms. The van der Waals surface area contributed by atoms with Gasteiger partial charge in [-0.1, -0.05) is 48.0 Å². The van der Waals surface area contributed by atoms with Crippen molar-refractivity contribution in [2.24, 2.45) is 0 Å². The zero-order chi connectivity index (χ0) is 19.1. The molecular formula is C21H21ClN6. The summed E-state index contributed by atoms with van der Waals surface area (Å²) >= 11 is 6.20. The van der Waals surface area contributed by atoms with E-state index in [2.05, 4.69) is 45.2 Å². The van der Waals surface area contributed by atoms with Crippen molar-refractivity contribution in [2.75, 3.05) is 37.6 Å². The van der Waals surface area contributed by atoms with Crippen LogP contribution in [-0.4, -0.2) is 57.4 Å². The second-order valence-electron chi connectivity index (χ2n) is 7.06. The molecule has 0 radical (unpaired) electrons. The number of benzene rings is 2. The molecule has 0 atom stereocenters. The van der Waals surface area contributed by atoms with Crippen LogP contribution in [0.15, 0.2) is 48.5 Å². The van der Waals surface area contributed by atoms with Crippen molar-refractivity contribution in [2.45, 2.75) is 6.92 Å². The molecule has 1 aliphatic rings. The predicted octanol–water partition coefficient (Wildman–Crippen LogP) is 3.74. The molecule has 1 aliphatic heterocycles. The maximum Gasteiger partial charge on any atom is 0.186 e. The van der Waals surface area contributed by atoms with Crippen LogP contribution in [0.25, 0.3) is 27.8 Å². The highest BCUT2D eigenvalue weighted by Gasteiger charge is 2.22. The number of halogens is 1. The first-order chi connectivity index (χ1) is 13.7. The lowest BCUT2D eigenvalue weighted by atomic mass is 10.1. The molecule has 0 unspecified atom stereocenters. The van der Waals surface area contributed by atoms with Crippen LogP contribution in [0.2, 0.25) is 5.02 Å². The molecule has 5 rings (SSSR count). The summed E-state index contributed by atoms with van der Waals surface area (Å²) < 4.78 is 1.83. The van der Waals surface area contributed by atoms with Gasteiger partial charge in [-0.25, -0.2) is 4.98 Å². The van der Waals surface area contributed by atoms with Crippen LogP contribution in [0.5, 0.6) is 0 Å². The average Bonchev–Trinajstić information content (AvgIpc) is 3.17. The lowest BCUT2D eigenvalue weighted by Crippen LogP contribution is -2.46. The molecule has 7 heteroatoms. The third kappa shape index (κ3) is 2.89. The largest absolute Gasteiger partial charge is 0.353 e. The zero-order valence-electron chi connectivity index (χ0n) is 15.7. The van der Waals surface area contributed by atoms with E-state index >= 15 is 0 Å². The van der Waals surface area contributed by atoms with E-state index in [1.807, 2.05) is 34.8 Å². The Kier molecular flexibility index (Phi) is 4.37. The van der Waals surface area contributed by atoms with Crippen LogP contribution >= 0.6 is 11.6 Å². The van der Waals surface area contributed by atoms with Crippen molar-refractivity contribution in [3.05, 3.63) is 53.6 Å². The summed E-state index contributed by atoms with van der Waals surface area (Å²) in [5.41, 5.74) is 3.45. The van der Waals surface area contributed by atoms with Crippen LogP contribution in [-0.2, 0) is 0 Å². The number of piperazine rings is 1. The van der Waals surface area contributed by atoms with Gasteiger partial charge in [0.1, 0.15) is 11.5 Å².